The van der Waals surface area contributed by atoms with Crippen molar-refractivity contribution in [2.75, 3.05) is 38.2 Å². The molecule has 0 aromatic heterocycles. The van der Waals surface area contributed by atoms with Gasteiger partial charge in [0.05, 0.1) is 32.8 Å². The Morgan fingerprint density at radius 3 is 2.19 bits per heavy atom. The minimum Gasteiger partial charge on any atom is -0.493 e. The van der Waals surface area contributed by atoms with Crippen molar-refractivity contribution in [3.8, 4) is 17.2 Å². The van der Waals surface area contributed by atoms with Crippen LogP contribution in [0.4, 0.5) is 10.5 Å². The van der Waals surface area contributed by atoms with Crippen molar-refractivity contribution < 1.29 is 27.4 Å². The van der Waals surface area contributed by atoms with E-state index in [2.05, 4.69) is 5.32 Å². The van der Waals surface area contributed by atoms with Crippen LogP contribution in [0.25, 0.3) is 0 Å². The molecule has 1 aliphatic heterocycles. The number of benzene rings is 2. The number of ether oxygens (including phenoxy) is 3. The van der Waals surface area contributed by atoms with Gasteiger partial charge < -0.3 is 24.4 Å². The molecule has 0 saturated carbocycles. The molecule has 1 heterocycles. The van der Waals surface area contributed by atoms with Gasteiger partial charge in [-0.05, 0) is 48.4 Å². The standard InChI is InChI=1S/C21H25ClN2O6S/c1-28-18-10-14(11-19(29-2)20(18)30-3)12-24(17-8-9-31(26,27)13-17)21(25)23-16-6-4-15(22)5-7-16/h4-7,10-11,17H,8-9,12-13H2,1-3H3,(H,23,25). The average molecular weight is 469 g/mol. The summed E-state index contributed by atoms with van der Waals surface area (Å²) in [6.45, 7) is 0.163. The van der Waals surface area contributed by atoms with Crippen molar-refractivity contribution in [1.29, 1.82) is 0 Å². The fourth-order valence-corrected chi connectivity index (χ4v) is 5.40. The summed E-state index contributed by atoms with van der Waals surface area (Å²) >= 11 is 5.91. The van der Waals surface area contributed by atoms with Crippen molar-refractivity contribution in [2.45, 2.75) is 19.0 Å². The maximum Gasteiger partial charge on any atom is 0.322 e. The van der Waals surface area contributed by atoms with Gasteiger partial charge in [-0.3, -0.25) is 0 Å². The first-order valence-electron chi connectivity index (χ1n) is 9.59. The number of methoxy groups -OCH3 is 3. The zero-order valence-corrected chi connectivity index (χ0v) is 19.1. The summed E-state index contributed by atoms with van der Waals surface area (Å²) in [4.78, 5) is 14.7. The molecule has 1 N–H and O–H groups in total. The van der Waals surface area contributed by atoms with E-state index in [9.17, 15) is 13.2 Å². The zero-order valence-electron chi connectivity index (χ0n) is 17.6. The summed E-state index contributed by atoms with van der Waals surface area (Å²) in [6, 6.07) is 9.34. The van der Waals surface area contributed by atoms with Gasteiger partial charge in [-0.2, -0.15) is 0 Å². The van der Waals surface area contributed by atoms with E-state index in [4.69, 9.17) is 25.8 Å². The van der Waals surface area contributed by atoms with Gasteiger partial charge in [0.25, 0.3) is 0 Å². The Morgan fingerprint density at radius 2 is 1.71 bits per heavy atom. The fraction of sp³-hybridized carbons (Fsp3) is 0.381. The molecule has 1 aliphatic rings. The van der Waals surface area contributed by atoms with Gasteiger partial charge in [0.2, 0.25) is 5.75 Å². The second kappa shape index (κ2) is 9.65. The van der Waals surface area contributed by atoms with Crippen LogP contribution < -0.4 is 19.5 Å². The molecule has 2 aromatic carbocycles. The number of rotatable bonds is 7. The number of anilines is 1. The molecule has 1 atom stereocenters. The maximum atomic E-state index is 13.1. The van der Waals surface area contributed by atoms with Crippen molar-refractivity contribution in [1.82, 2.24) is 4.90 Å². The van der Waals surface area contributed by atoms with E-state index < -0.39 is 21.9 Å². The van der Waals surface area contributed by atoms with Crippen LogP contribution in [0.1, 0.15) is 12.0 Å². The number of amides is 2. The summed E-state index contributed by atoms with van der Waals surface area (Å²) in [5, 5.41) is 3.37. The summed E-state index contributed by atoms with van der Waals surface area (Å²) in [5.41, 5.74) is 1.27. The summed E-state index contributed by atoms with van der Waals surface area (Å²) in [5.74, 6) is 1.32. The first kappa shape index (κ1) is 23.0. The molecule has 168 valence electrons. The Hall–Kier alpha value is -2.65. The number of halogens is 1. The van der Waals surface area contributed by atoms with Crippen LogP contribution in [0.5, 0.6) is 17.2 Å². The molecule has 1 saturated heterocycles. The smallest absolute Gasteiger partial charge is 0.322 e. The van der Waals surface area contributed by atoms with Gasteiger partial charge in [0.15, 0.2) is 21.3 Å². The molecule has 0 aliphatic carbocycles. The third-order valence-electron chi connectivity index (χ3n) is 5.08. The lowest BCUT2D eigenvalue weighted by atomic mass is 10.1. The molecule has 3 rings (SSSR count). The lowest BCUT2D eigenvalue weighted by molar-refractivity contribution is 0.190. The van der Waals surface area contributed by atoms with E-state index in [1.54, 1.807) is 36.4 Å². The predicted molar refractivity (Wildman–Crippen MR) is 119 cm³/mol. The largest absolute Gasteiger partial charge is 0.493 e. The minimum atomic E-state index is -3.19. The van der Waals surface area contributed by atoms with Crippen LogP contribution in [0.15, 0.2) is 36.4 Å². The van der Waals surface area contributed by atoms with Gasteiger partial charge in [-0.1, -0.05) is 11.6 Å². The van der Waals surface area contributed by atoms with Crippen LogP contribution in [0.3, 0.4) is 0 Å². The van der Waals surface area contributed by atoms with Crippen molar-refractivity contribution in [3.63, 3.8) is 0 Å². The fourth-order valence-electron chi connectivity index (χ4n) is 3.54. The number of urea groups is 1. The molecule has 0 spiro atoms. The second-order valence-corrected chi connectivity index (χ2v) is 9.82. The number of hydrogen-bond donors (Lipinski definition) is 1. The molecule has 2 amide bonds. The van der Waals surface area contributed by atoms with E-state index in [0.29, 0.717) is 39.9 Å². The highest BCUT2D eigenvalue weighted by molar-refractivity contribution is 7.91. The molecule has 1 fully saturated rings. The Balaban J connectivity index is 1.91. The first-order chi connectivity index (χ1) is 14.8. The Kier molecular flexibility index (Phi) is 7.17. The number of carbonyl (C=O) groups excluding carboxylic acids is 1. The molecule has 8 nitrogen and oxygen atoms in total. The number of hydrogen-bond acceptors (Lipinski definition) is 6. The second-order valence-electron chi connectivity index (χ2n) is 7.16. The lowest BCUT2D eigenvalue weighted by Gasteiger charge is -2.29. The normalized spacial score (nSPS) is 17.1. The van der Waals surface area contributed by atoms with Crippen LogP contribution in [0, 0.1) is 0 Å². The van der Waals surface area contributed by atoms with Crippen LogP contribution >= 0.6 is 11.6 Å². The minimum absolute atomic E-state index is 0.0532. The topological polar surface area (TPSA) is 94.2 Å². The number of nitrogens with one attached hydrogen (secondary N) is 1. The van der Waals surface area contributed by atoms with E-state index in [1.165, 1.54) is 26.2 Å². The summed E-state index contributed by atoms with van der Waals surface area (Å²) in [7, 11) is 1.34. The van der Waals surface area contributed by atoms with Gasteiger partial charge in [0, 0.05) is 23.3 Å². The van der Waals surface area contributed by atoms with Crippen molar-refractivity contribution in [3.05, 3.63) is 47.0 Å². The van der Waals surface area contributed by atoms with Crippen LogP contribution in [-0.2, 0) is 16.4 Å². The van der Waals surface area contributed by atoms with E-state index in [1.807, 2.05) is 0 Å². The van der Waals surface area contributed by atoms with Gasteiger partial charge in [-0.25, -0.2) is 13.2 Å². The SMILES string of the molecule is COc1cc(CN(C(=O)Nc2ccc(Cl)cc2)C2CCS(=O)(=O)C2)cc(OC)c1OC. The van der Waals surface area contributed by atoms with E-state index in [-0.39, 0.29) is 18.1 Å². The summed E-state index contributed by atoms with van der Waals surface area (Å²) in [6.07, 6.45) is 0.376. The highest BCUT2D eigenvalue weighted by atomic mass is 35.5. The molecule has 10 heteroatoms. The van der Waals surface area contributed by atoms with Gasteiger partial charge in [0.1, 0.15) is 0 Å². The van der Waals surface area contributed by atoms with Crippen molar-refractivity contribution in [2.24, 2.45) is 0 Å². The Morgan fingerprint density at radius 1 is 1.10 bits per heavy atom. The Bertz CT molecular complexity index is 1020. The number of carbonyl (C=O) groups is 1. The Labute approximate surface area is 187 Å². The van der Waals surface area contributed by atoms with Crippen LogP contribution in [0.2, 0.25) is 5.02 Å². The number of nitrogens with zero attached hydrogens (tertiary/aromatic N) is 1. The zero-order chi connectivity index (χ0) is 22.6. The van der Waals surface area contributed by atoms with E-state index in [0.717, 1.165) is 0 Å². The quantitative estimate of drug-likeness (QED) is 0.667. The molecule has 2 aromatic rings. The first-order valence-corrected chi connectivity index (χ1v) is 11.8. The predicted octanol–water partition coefficient (Wildman–Crippen LogP) is 3.59. The third-order valence-corrected chi connectivity index (χ3v) is 7.09. The average Bonchev–Trinajstić information content (AvgIpc) is 3.11. The summed E-state index contributed by atoms with van der Waals surface area (Å²) < 4.78 is 40.3. The van der Waals surface area contributed by atoms with Crippen molar-refractivity contribution >= 4 is 33.2 Å². The van der Waals surface area contributed by atoms with E-state index >= 15 is 0 Å². The molecule has 0 radical (unpaired) electrons. The lowest BCUT2D eigenvalue weighted by Crippen LogP contribution is -2.43. The highest BCUT2D eigenvalue weighted by Crippen LogP contribution is 2.38. The molecule has 0 bridgehead atoms. The monoisotopic (exact) mass is 468 g/mol. The molecule has 1 unspecified atom stereocenters. The van der Waals surface area contributed by atoms with Crippen LogP contribution in [-0.4, -0.2) is 58.2 Å². The molecular weight excluding hydrogens is 444 g/mol. The molecular formula is C21H25ClN2O6S. The third kappa shape index (κ3) is 5.54. The number of sulfone groups is 1. The molecule has 31 heavy (non-hydrogen) atoms. The van der Waals surface area contributed by atoms with Gasteiger partial charge in [-0.15, -0.1) is 0 Å². The van der Waals surface area contributed by atoms with Gasteiger partial charge >= 0.3 is 6.03 Å². The maximum absolute atomic E-state index is 13.1. The highest BCUT2D eigenvalue weighted by Gasteiger charge is 2.35.